The van der Waals surface area contributed by atoms with Gasteiger partial charge in [0, 0.05) is 13.7 Å². The van der Waals surface area contributed by atoms with Gasteiger partial charge in [-0.3, -0.25) is 9.69 Å². The van der Waals surface area contributed by atoms with Crippen molar-refractivity contribution in [1.82, 2.24) is 19.5 Å². The summed E-state index contributed by atoms with van der Waals surface area (Å²) in [5.74, 6) is 0.0108. The van der Waals surface area contributed by atoms with Crippen LogP contribution in [0.1, 0.15) is 41.0 Å². The highest BCUT2D eigenvalue weighted by Crippen LogP contribution is 2.27. The number of ether oxygens (including phenoxy) is 4. The number of nitrogens with zero attached hydrogens (tertiary/aromatic N) is 5. The number of hydrogen-bond acceptors (Lipinski definition) is 10. The number of allylic oxidation sites excluding steroid dienone is 1. The van der Waals surface area contributed by atoms with E-state index in [4.69, 9.17) is 18.9 Å². The molecule has 0 fully saturated rings. The number of aliphatic hydroxyl groups is 1. The van der Waals surface area contributed by atoms with Crippen molar-refractivity contribution in [3.63, 3.8) is 0 Å². The summed E-state index contributed by atoms with van der Waals surface area (Å²) < 4.78 is 37.1. The van der Waals surface area contributed by atoms with E-state index in [1.165, 1.54) is 27.5 Å². The predicted molar refractivity (Wildman–Crippen MR) is 123 cm³/mol. The Labute approximate surface area is 202 Å². The summed E-state index contributed by atoms with van der Waals surface area (Å²) in [4.78, 5) is 37.1. The summed E-state index contributed by atoms with van der Waals surface area (Å²) in [6.07, 6.45) is -0.198. The molecule has 13 heteroatoms. The molecule has 0 spiro atoms. The zero-order chi connectivity index (χ0) is 26.4. The number of carbonyl (C=O) groups excluding carboxylic acids is 2. The largest absolute Gasteiger partial charge is 0.498 e. The molecule has 194 valence electrons. The molecule has 2 aromatic heterocycles. The third-order valence-electron chi connectivity index (χ3n) is 5.19. The van der Waals surface area contributed by atoms with Crippen LogP contribution >= 0.6 is 0 Å². The molecule has 0 saturated carbocycles. The third kappa shape index (κ3) is 7.09. The molecule has 2 aromatic rings. The molecular weight excluding hydrogens is 465 g/mol. The lowest BCUT2D eigenvalue weighted by Gasteiger charge is -2.27. The number of imidazole rings is 1. The fourth-order valence-corrected chi connectivity index (χ4v) is 2.95. The first-order valence-corrected chi connectivity index (χ1v) is 10.8. The van der Waals surface area contributed by atoms with E-state index in [-0.39, 0.29) is 54.7 Å². The van der Waals surface area contributed by atoms with Gasteiger partial charge in [-0.2, -0.15) is 14.4 Å². The maximum Gasteiger partial charge on any atom is 0.416 e. The van der Waals surface area contributed by atoms with Crippen molar-refractivity contribution in [3.05, 3.63) is 23.9 Å². The molecule has 2 rings (SSSR count). The Morgan fingerprint density at radius 2 is 1.94 bits per heavy atom. The summed E-state index contributed by atoms with van der Waals surface area (Å²) in [6, 6.07) is 0. The summed E-state index contributed by atoms with van der Waals surface area (Å²) >= 11 is 0. The van der Waals surface area contributed by atoms with Gasteiger partial charge in [0.05, 0.1) is 32.2 Å². The topological polar surface area (TPSA) is 138 Å². The number of halogens is 1. The lowest BCUT2D eigenvalue weighted by molar-refractivity contribution is -0.125. The van der Waals surface area contributed by atoms with Crippen molar-refractivity contribution in [3.8, 4) is 0 Å². The van der Waals surface area contributed by atoms with Gasteiger partial charge in [0.2, 0.25) is 0 Å². The van der Waals surface area contributed by atoms with Gasteiger partial charge in [0.25, 0.3) is 6.47 Å². The van der Waals surface area contributed by atoms with Crippen molar-refractivity contribution in [2.45, 2.75) is 58.8 Å². The quantitative estimate of drug-likeness (QED) is 0.280. The molecule has 1 amide bonds. The number of methoxy groups -OCH3 is 2. The van der Waals surface area contributed by atoms with Crippen LogP contribution in [0.15, 0.2) is 17.8 Å². The van der Waals surface area contributed by atoms with Gasteiger partial charge < -0.3 is 28.6 Å². The smallest absolute Gasteiger partial charge is 0.416 e. The lowest BCUT2D eigenvalue weighted by atomic mass is 10.0. The van der Waals surface area contributed by atoms with Crippen LogP contribution in [-0.4, -0.2) is 75.8 Å². The minimum Gasteiger partial charge on any atom is -0.498 e. The fraction of sp³-hybridized carbons (Fsp3) is 0.591. The van der Waals surface area contributed by atoms with E-state index < -0.39 is 23.4 Å². The molecule has 0 unspecified atom stereocenters. The Morgan fingerprint density at radius 3 is 2.49 bits per heavy atom. The van der Waals surface area contributed by atoms with Crippen molar-refractivity contribution < 1.29 is 38.0 Å². The first-order valence-electron chi connectivity index (χ1n) is 10.8. The number of carbonyl (C=O) groups is 2. The molecule has 1 N–H and O–H groups in total. The average Bonchev–Trinajstić information content (AvgIpc) is 3.20. The van der Waals surface area contributed by atoms with Gasteiger partial charge in [0.15, 0.2) is 22.7 Å². The highest BCUT2D eigenvalue weighted by atomic mass is 19.1. The molecule has 0 aliphatic carbocycles. The highest BCUT2D eigenvalue weighted by Gasteiger charge is 2.30. The van der Waals surface area contributed by atoms with E-state index in [1.807, 2.05) is 0 Å². The molecule has 0 aliphatic rings. The Kier molecular flexibility index (Phi) is 9.10. The molecule has 0 bridgehead atoms. The average molecular weight is 498 g/mol. The van der Waals surface area contributed by atoms with E-state index in [2.05, 4.69) is 15.0 Å². The molecule has 35 heavy (non-hydrogen) atoms. The second kappa shape index (κ2) is 11.4. The summed E-state index contributed by atoms with van der Waals surface area (Å²) in [6.45, 7) is 8.15. The standard InChI is InChI=1S/C22H32FN5O7/c1-14(32-6)15(34-13-30)10-28(20(31)35-21(2,3)4)18-16-17(25-19(23)26-18)27(12-24-16)9-8-22(5,11-29)33-7/h12-13,29H,8-11H2,1-7H3/b15-14-/t22-/m0/s1. The van der Waals surface area contributed by atoms with Crippen molar-refractivity contribution in [2.24, 2.45) is 0 Å². The molecule has 0 radical (unpaired) electrons. The van der Waals surface area contributed by atoms with Crippen LogP contribution < -0.4 is 4.90 Å². The van der Waals surface area contributed by atoms with Crippen LogP contribution in [0.5, 0.6) is 0 Å². The summed E-state index contributed by atoms with van der Waals surface area (Å²) in [5.41, 5.74) is -1.49. The van der Waals surface area contributed by atoms with Crippen LogP contribution in [-0.2, 0) is 30.3 Å². The van der Waals surface area contributed by atoms with Crippen molar-refractivity contribution in [1.29, 1.82) is 0 Å². The van der Waals surface area contributed by atoms with Gasteiger partial charge in [-0.15, -0.1) is 0 Å². The van der Waals surface area contributed by atoms with Gasteiger partial charge in [-0.25, -0.2) is 9.78 Å². The SMILES string of the molecule is CO/C(C)=C(/CN(C(=O)OC(C)(C)C)c1nc(F)nc2c1ncn2CC[C@@](C)(CO)OC)OC=O. The monoisotopic (exact) mass is 497 g/mol. The van der Waals surface area contributed by atoms with Gasteiger partial charge in [-0.1, -0.05) is 0 Å². The summed E-state index contributed by atoms with van der Waals surface area (Å²) in [5, 5.41) is 9.59. The Hall–Kier alpha value is -3.32. The minimum atomic E-state index is -1.11. The van der Waals surface area contributed by atoms with Gasteiger partial charge in [-0.05, 0) is 41.0 Å². The Balaban J connectivity index is 2.60. The zero-order valence-electron chi connectivity index (χ0n) is 21.0. The van der Waals surface area contributed by atoms with E-state index >= 15 is 0 Å². The maximum atomic E-state index is 14.6. The zero-order valence-corrected chi connectivity index (χ0v) is 21.0. The van der Waals surface area contributed by atoms with E-state index in [0.717, 1.165) is 4.90 Å². The molecule has 0 aliphatic heterocycles. The highest BCUT2D eigenvalue weighted by molar-refractivity contribution is 5.96. The molecule has 0 saturated heterocycles. The number of aryl methyl sites for hydroxylation is 1. The number of anilines is 1. The van der Waals surface area contributed by atoms with Crippen LogP contribution in [0.4, 0.5) is 15.0 Å². The second-order valence-electron chi connectivity index (χ2n) is 8.95. The van der Waals surface area contributed by atoms with Crippen molar-refractivity contribution in [2.75, 3.05) is 32.3 Å². The molecular formula is C22H32FN5O7. The molecule has 0 aromatic carbocycles. The van der Waals surface area contributed by atoms with Crippen LogP contribution in [0.25, 0.3) is 11.2 Å². The van der Waals surface area contributed by atoms with Gasteiger partial charge >= 0.3 is 12.2 Å². The first-order chi connectivity index (χ1) is 16.4. The lowest BCUT2D eigenvalue weighted by Crippen LogP contribution is -2.39. The normalized spacial score (nSPS) is 14.2. The fourth-order valence-electron chi connectivity index (χ4n) is 2.95. The maximum absolute atomic E-state index is 14.6. The number of hydrogen-bond donors (Lipinski definition) is 1. The number of aromatic nitrogens is 4. The third-order valence-corrected chi connectivity index (χ3v) is 5.19. The van der Waals surface area contributed by atoms with Crippen LogP contribution in [0.2, 0.25) is 0 Å². The second-order valence-corrected chi connectivity index (χ2v) is 8.95. The summed E-state index contributed by atoms with van der Waals surface area (Å²) in [7, 11) is 2.85. The van der Waals surface area contributed by atoms with E-state index in [9.17, 15) is 19.1 Å². The Bertz CT molecular complexity index is 1080. The molecule has 1 atom stereocenters. The molecule has 12 nitrogen and oxygen atoms in total. The van der Waals surface area contributed by atoms with Gasteiger partial charge in [0.1, 0.15) is 11.4 Å². The minimum absolute atomic E-state index is 0.0150. The first kappa shape index (κ1) is 27.9. The van der Waals surface area contributed by atoms with E-state index in [0.29, 0.717) is 6.42 Å². The number of amides is 1. The predicted octanol–water partition coefficient (Wildman–Crippen LogP) is 2.55. The van der Waals surface area contributed by atoms with E-state index in [1.54, 1.807) is 32.3 Å². The molecule has 2 heterocycles. The van der Waals surface area contributed by atoms with Crippen molar-refractivity contribution >= 4 is 29.5 Å². The Morgan fingerprint density at radius 1 is 1.26 bits per heavy atom. The number of rotatable bonds is 11. The van der Waals surface area contributed by atoms with Crippen LogP contribution in [0.3, 0.4) is 0 Å². The van der Waals surface area contributed by atoms with Crippen LogP contribution in [0, 0.1) is 6.08 Å². The number of aliphatic hydroxyl groups excluding tert-OH is 1. The number of fused-ring (bicyclic) bond motifs is 1.